The predicted octanol–water partition coefficient (Wildman–Crippen LogP) is 1.72. The van der Waals surface area contributed by atoms with Crippen molar-refractivity contribution >= 4 is 15.7 Å². The zero-order chi connectivity index (χ0) is 12.8. The lowest BCUT2D eigenvalue weighted by Crippen LogP contribution is -2.35. The van der Waals surface area contributed by atoms with Gasteiger partial charge in [-0.05, 0) is 50.8 Å². The van der Waals surface area contributed by atoms with Crippen molar-refractivity contribution in [2.24, 2.45) is 0 Å². The van der Waals surface area contributed by atoms with E-state index in [1.54, 1.807) is 13.0 Å². The van der Waals surface area contributed by atoms with Crippen molar-refractivity contribution < 1.29 is 8.42 Å². The number of anilines is 1. The standard InChI is InChI=1S/C12H18N2O2S/c1-8-4-5-10(13)11(9(8)2)17(15,16)14-12(3)6-7-12/h4-5,14H,6-7,13H2,1-3H3. The lowest BCUT2D eigenvalue weighted by Gasteiger charge is -2.16. The van der Waals surface area contributed by atoms with Crippen LogP contribution in [0.1, 0.15) is 30.9 Å². The summed E-state index contributed by atoms with van der Waals surface area (Å²) in [7, 11) is -3.51. The quantitative estimate of drug-likeness (QED) is 0.807. The monoisotopic (exact) mass is 254 g/mol. The largest absolute Gasteiger partial charge is 0.398 e. The Balaban J connectivity index is 2.49. The highest BCUT2D eigenvalue weighted by Gasteiger charge is 2.42. The third-order valence-electron chi connectivity index (χ3n) is 3.36. The number of hydrogen-bond acceptors (Lipinski definition) is 3. The number of aryl methyl sites for hydroxylation is 1. The predicted molar refractivity (Wildman–Crippen MR) is 68.3 cm³/mol. The molecule has 2 rings (SSSR count). The second-order valence-electron chi connectivity index (χ2n) is 5.09. The Kier molecular flexibility index (Phi) is 2.71. The van der Waals surface area contributed by atoms with E-state index in [1.807, 2.05) is 19.9 Å². The Morgan fingerprint density at radius 1 is 1.29 bits per heavy atom. The highest BCUT2D eigenvalue weighted by Crippen LogP contribution is 2.37. The molecule has 3 N–H and O–H groups in total. The SMILES string of the molecule is Cc1ccc(N)c(S(=O)(=O)NC2(C)CC2)c1C. The lowest BCUT2D eigenvalue weighted by molar-refractivity contribution is 0.558. The summed E-state index contributed by atoms with van der Waals surface area (Å²) >= 11 is 0. The summed E-state index contributed by atoms with van der Waals surface area (Å²) in [6.45, 7) is 5.58. The van der Waals surface area contributed by atoms with Crippen LogP contribution in [0.3, 0.4) is 0 Å². The summed E-state index contributed by atoms with van der Waals surface area (Å²) in [6, 6.07) is 3.48. The van der Waals surface area contributed by atoms with Crippen molar-refractivity contribution in [3.05, 3.63) is 23.3 Å². The van der Waals surface area contributed by atoms with Crippen LogP contribution in [0, 0.1) is 13.8 Å². The summed E-state index contributed by atoms with van der Waals surface area (Å²) in [5, 5.41) is 0. The number of benzene rings is 1. The van der Waals surface area contributed by atoms with Gasteiger partial charge in [0.2, 0.25) is 10.0 Å². The van der Waals surface area contributed by atoms with Gasteiger partial charge >= 0.3 is 0 Å². The van der Waals surface area contributed by atoms with Gasteiger partial charge in [0.25, 0.3) is 0 Å². The molecule has 1 aromatic carbocycles. The second-order valence-corrected chi connectivity index (χ2v) is 6.71. The highest BCUT2D eigenvalue weighted by atomic mass is 32.2. The highest BCUT2D eigenvalue weighted by molar-refractivity contribution is 7.89. The van der Waals surface area contributed by atoms with Crippen LogP contribution in [0.25, 0.3) is 0 Å². The molecule has 4 nitrogen and oxygen atoms in total. The van der Waals surface area contributed by atoms with Gasteiger partial charge < -0.3 is 5.73 Å². The molecule has 0 atom stereocenters. The molecule has 0 heterocycles. The molecular weight excluding hydrogens is 236 g/mol. The molecule has 1 aromatic rings. The Bertz CT molecular complexity index is 560. The van der Waals surface area contributed by atoms with Crippen LogP contribution in [-0.2, 0) is 10.0 Å². The minimum absolute atomic E-state index is 0.227. The van der Waals surface area contributed by atoms with Crippen molar-refractivity contribution in [2.75, 3.05) is 5.73 Å². The van der Waals surface area contributed by atoms with Crippen molar-refractivity contribution in [3.8, 4) is 0 Å². The number of nitrogens with one attached hydrogen (secondary N) is 1. The molecule has 0 bridgehead atoms. The Morgan fingerprint density at radius 2 is 1.88 bits per heavy atom. The fraction of sp³-hybridized carbons (Fsp3) is 0.500. The van der Waals surface area contributed by atoms with E-state index in [-0.39, 0.29) is 10.4 Å². The lowest BCUT2D eigenvalue weighted by atomic mass is 10.1. The van der Waals surface area contributed by atoms with Gasteiger partial charge in [-0.1, -0.05) is 6.07 Å². The van der Waals surface area contributed by atoms with E-state index in [4.69, 9.17) is 5.73 Å². The molecule has 94 valence electrons. The molecule has 1 fully saturated rings. The summed E-state index contributed by atoms with van der Waals surface area (Å²) in [5.41, 5.74) is 7.49. The molecule has 0 saturated heterocycles. The van der Waals surface area contributed by atoms with Crippen LogP contribution in [-0.4, -0.2) is 14.0 Å². The van der Waals surface area contributed by atoms with Crippen LogP contribution in [0.4, 0.5) is 5.69 Å². The number of sulfonamides is 1. The number of hydrogen-bond donors (Lipinski definition) is 2. The normalized spacial score (nSPS) is 18.1. The molecule has 0 amide bonds. The minimum atomic E-state index is -3.51. The van der Waals surface area contributed by atoms with E-state index in [1.165, 1.54) is 0 Å². The van der Waals surface area contributed by atoms with Gasteiger partial charge in [-0.25, -0.2) is 13.1 Å². The molecule has 1 saturated carbocycles. The zero-order valence-corrected chi connectivity index (χ0v) is 11.2. The van der Waals surface area contributed by atoms with Gasteiger partial charge in [0, 0.05) is 5.54 Å². The Morgan fingerprint density at radius 3 is 2.41 bits per heavy atom. The maximum Gasteiger partial charge on any atom is 0.243 e. The Hall–Kier alpha value is -1.07. The third kappa shape index (κ3) is 2.30. The van der Waals surface area contributed by atoms with E-state index in [0.717, 1.165) is 24.0 Å². The number of nitrogen functional groups attached to an aromatic ring is 1. The van der Waals surface area contributed by atoms with Gasteiger partial charge in [-0.15, -0.1) is 0 Å². The maximum atomic E-state index is 12.3. The summed E-state index contributed by atoms with van der Waals surface area (Å²) in [5.74, 6) is 0. The summed E-state index contributed by atoms with van der Waals surface area (Å²) < 4.78 is 27.3. The average molecular weight is 254 g/mol. The number of nitrogens with two attached hydrogens (primary N) is 1. The Labute approximate surface area is 102 Å². The third-order valence-corrected chi connectivity index (χ3v) is 5.20. The van der Waals surface area contributed by atoms with E-state index < -0.39 is 10.0 Å². The summed E-state index contributed by atoms with van der Waals surface area (Å²) in [4.78, 5) is 0.227. The second kappa shape index (κ2) is 3.71. The van der Waals surface area contributed by atoms with Crippen molar-refractivity contribution in [1.82, 2.24) is 4.72 Å². The van der Waals surface area contributed by atoms with Gasteiger partial charge in [0.15, 0.2) is 0 Å². The van der Waals surface area contributed by atoms with E-state index in [9.17, 15) is 8.42 Å². The van der Waals surface area contributed by atoms with Gasteiger partial charge in [-0.2, -0.15) is 0 Å². The molecule has 0 radical (unpaired) electrons. The van der Waals surface area contributed by atoms with Crippen molar-refractivity contribution in [3.63, 3.8) is 0 Å². The maximum absolute atomic E-state index is 12.3. The fourth-order valence-corrected chi connectivity index (χ4v) is 3.73. The molecule has 1 aliphatic rings. The van der Waals surface area contributed by atoms with Crippen molar-refractivity contribution in [1.29, 1.82) is 0 Å². The van der Waals surface area contributed by atoms with Crippen molar-refractivity contribution in [2.45, 2.75) is 44.0 Å². The first-order valence-electron chi connectivity index (χ1n) is 5.65. The van der Waals surface area contributed by atoms with Crippen LogP contribution in [0.5, 0.6) is 0 Å². The average Bonchev–Trinajstić information content (AvgIpc) is 2.88. The topological polar surface area (TPSA) is 72.2 Å². The first-order chi connectivity index (χ1) is 7.75. The van der Waals surface area contributed by atoms with Gasteiger partial charge in [0.05, 0.1) is 5.69 Å². The van der Waals surface area contributed by atoms with E-state index >= 15 is 0 Å². The van der Waals surface area contributed by atoms with Crippen LogP contribution < -0.4 is 10.5 Å². The van der Waals surface area contributed by atoms with E-state index in [2.05, 4.69) is 4.72 Å². The molecule has 17 heavy (non-hydrogen) atoms. The van der Waals surface area contributed by atoms with E-state index in [0.29, 0.717) is 5.69 Å². The van der Waals surface area contributed by atoms with Gasteiger partial charge in [0.1, 0.15) is 4.90 Å². The molecule has 0 spiro atoms. The van der Waals surface area contributed by atoms with Crippen LogP contribution >= 0.6 is 0 Å². The van der Waals surface area contributed by atoms with Crippen LogP contribution in [0.2, 0.25) is 0 Å². The molecular formula is C12H18N2O2S. The molecule has 0 aromatic heterocycles. The molecule has 1 aliphatic carbocycles. The number of rotatable bonds is 3. The summed E-state index contributed by atoms with van der Waals surface area (Å²) in [6.07, 6.45) is 1.77. The molecule has 0 aliphatic heterocycles. The minimum Gasteiger partial charge on any atom is -0.398 e. The first kappa shape index (κ1) is 12.4. The van der Waals surface area contributed by atoms with Gasteiger partial charge in [-0.3, -0.25) is 0 Å². The molecule has 0 unspecified atom stereocenters. The smallest absolute Gasteiger partial charge is 0.243 e. The zero-order valence-electron chi connectivity index (χ0n) is 10.4. The first-order valence-corrected chi connectivity index (χ1v) is 7.13. The molecule has 5 heteroatoms. The fourth-order valence-electron chi connectivity index (χ4n) is 1.83. The van der Waals surface area contributed by atoms with Crippen LogP contribution in [0.15, 0.2) is 17.0 Å².